The van der Waals surface area contributed by atoms with E-state index >= 15 is 0 Å². The van der Waals surface area contributed by atoms with Gasteiger partial charge in [0.1, 0.15) is 5.75 Å². The number of esters is 1. The summed E-state index contributed by atoms with van der Waals surface area (Å²) in [6, 6.07) is 16.5. The predicted molar refractivity (Wildman–Crippen MR) is 170 cm³/mol. The lowest BCUT2D eigenvalue weighted by Gasteiger charge is -2.39. The second kappa shape index (κ2) is 13.6. The Kier molecular flexibility index (Phi) is 9.86. The first kappa shape index (κ1) is 31.9. The molecule has 0 radical (unpaired) electrons. The second-order valence-electron chi connectivity index (χ2n) is 12.5. The molecule has 2 fully saturated rings. The Labute approximate surface area is 260 Å². The molecule has 44 heavy (non-hydrogen) atoms. The smallest absolute Gasteiger partial charge is 0.304 e. The highest BCUT2D eigenvalue weighted by Gasteiger charge is 2.50. The summed E-state index contributed by atoms with van der Waals surface area (Å²) >= 11 is 0. The van der Waals surface area contributed by atoms with Crippen LogP contribution in [0.5, 0.6) is 5.75 Å². The fourth-order valence-corrected chi connectivity index (χ4v) is 11.1. The summed E-state index contributed by atoms with van der Waals surface area (Å²) in [4.78, 5) is 25.4. The number of anilines is 1. The molecule has 1 N–H and O–H groups in total. The average Bonchev–Trinajstić information content (AvgIpc) is 3.58. The number of benzene rings is 2. The van der Waals surface area contributed by atoms with E-state index in [-0.39, 0.29) is 31.1 Å². The van der Waals surface area contributed by atoms with Crippen molar-refractivity contribution in [3.05, 3.63) is 66.0 Å². The number of hydrogen-bond donors (Lipinski definition) is 1. The van der Waals surface area contributed by atoms with Crippen LogP contribution in [0, 0.1) is 5.92 Å². The van der Waals surface area contributed by atoms with Gasteiger partial charge >= 0.3 is 5.97 Å². The summed E-state index contributed by atoms with van der Waals surface area (Å²) in [6.45, 7) is 9.33. The van der Waals surface area contributed by atoms with Gasteiger partial charge in [0, 0.05) is 38.4 Å². The van der Waals surface area contributed by atoms with Gasteiger partial charge in [0.2, 0.25) is 5.91 Å². The number of carbonyl (C=O) groups excluding carboxylic acids is 2. The molecule has 1 unspecified atom stereocenters. The van der Waals surface area contributed by atoms with Gasteiger partial charge in [0.25, 0.3) is 0 Å². The molecule has 1 amide bonds. The van der Waals surface area contributed by atoms with Crippen molar-refractivity contribution in [2.24, 2.45) is 5.92 Å². The number of aliphatic hydroxyl groups excluding tert-OH is 1. The quantitative estimate of drug-likeness (QED) is 0.174. The first-order valence-corrected chi connectivity index (χ1v) is 18.6. The van der Waals surface area contributed by atoms with Gasteiger partial charge in [0.15, 0.2) is 6.23 Å². The lowest BCUT2D eigenvalue weighted by Crippen LogP contribution is -2.54. The Morgan fingerprint density at radius 2 is 1.89 bits per heavy atom. The van der Waals surface area contributed by atoms with Crippen LogP contribution in [0.25, 0.3) is 0 Å². The van der Waals surface area contributed by atoms with Gasteiger partial charge in [-0.25, -0.2) is 0 Å². The third-order valence-corrected chi connectivity index (χ3v) is 13.7. The van der Waals surface area contributed by atoms with Crippen molar-refractivity contribution < 1.29 is 28.9 Å². The molecule has 1 aromatic heterocycles. The zero-order chi connectivity index (χ0) is 31.4. The van der Waals surface area contributed by atoms with Crippen molar-refractivity contribution in [1.82, 2.24) is 15.0 Å². The monoisotopic (exact) mass is 620 g/mol. The highest BCUT2D eigenvalue weighted by atomic mass is 28.3. The minimum atomic E-state index is -2.00. The average molecular weight is 621 g/mol. The summed E-state index contributed by atoms with van der Waals surface area (Å²) in [5.41, 5.74) is 3.04. The van der Waals surface area contributed by atoms with Crippen LogP contribution in [0.3, 0.4) is 0 Å². The van der Waals surface area contributed by atoms with E-state index in [9.17, 15) is 14.7 Å². The lowest BCUT2D eigenvalue weighted by molar-refractivity contribution is -0.153. The maximum absolute atomic E-state index is 12.4. The van der Waals surface area contributed by atoms with Crippen LogP contribution in [0.15, 0.2) is 54.7 Å². The number of aromatic nitrogens is 3. The van der Waals surface area contributed by atoms with Crippen molar-refractivity contribution >= 4 is 30.8 Å². The zero-order valence-electron chi connectivity index (χ0n) is 26.3. The highest BCUT2D eigenvalue weighted by Crippen LogP contribution is 2.46. The van der Waals surface area contributed by atoms with Crippen molar-refractivity contribution in [2.45, 2.75) is 89.6 Å². The van der Waals surface area contributed by atoms with Crippen molar-refractivity contribution in [3.63, 3.8) is 0 Å². The number of aryl methyl sites for hydroxylation is 2. The van der Waals surface area contributed by atoms with Crippen LogP contribution in [-0.4, -0.2) is 72.2 Å². The van der Waals surface area contributed by atoms with Gasteiger partial charge in [-0.15, -0.1) is 5.10 Å². The van der Waals surface area contributed by atoms with E-state index in [2.05, 4.69) is 60.7 Å². The Morgan fingerprint density at radius 3 is 2.57 bits per heavy atom. The largest absolute Gasteiger partial charge is 0.497 e. The topological polar surface area (TPSA) is 116 Å². The number of hydrogen-bond acceptors (Lipinski definition) is 8. The lowest BCUT2D eigenvalue weighted by atomic mass is 9.95. The Balaban J connectivity index is 1.32. The molecular weight excluding hydrogens is 576 g/mol. The summed E-state index contributed by atoms with van der Waals surface area (Å²) in [7, 11) is -0.308. The Bertz CT molecular complexity index is 1440. The molecule has 2 aliphatic heterocycles. The van der Waals surface area contributed by atoms with Crippen molar-refractivity contribution in [2.75, 3.05) is 18.6 Å². The summed E-state index contributed by atoms with van der Waals surface area (Å²) in [6.07, 6.45) is 4.72. The fraction of sp³-hybridized carbons (Fsp3) is 0.515. The number of carbonyl (C=O) groups is 2. The third kappa shape index (κ3) is 6.90. The number of ether oxygens (including phenoxy) is 3. The standard InChI is InChI=1S/C33H44N4O6Si/c1-22-29(14-9-24-7-6-8-26(19-24)37-31(40)20-32(37)42-23(2)39)43-30(15-17-36-21-25(16-18-38)34-35-36)33(22)44(4,5)28-12-10-27(41-3)11-13-28/h6-8,10-13,19,21-22,29-30,32-33,38H,9,14-18,20H2,1-5H3/t22-,29+,30-,32?,33+/m0/s1. The molecule has 2 saturated heterocycles. The second-order valence-corrected chi connectivity index (χ2v) is 17.2. The maximum atomic E-state index is 12.4. The van der Waals surface area contributed by atoms with E-state index in [0.29, 0.717) is 24.4 Å². The molecule has 11 heteroatoms. The van der Waals surface area contributed by atoms with Crippen molar-refractivity contribution in [3.8, 4) is 5.75 Å². The molecule has 0 aliphatic carbocycles. The molecule has 2 aliphatic rings. The molecule has 236 valence electrons. The molecular formula is C33H44N4O6Si. The number of amides is 1. The molecule has 3 aromatic rings. The van der Waals surface area contributed by atoms with Gasteiger partial charge in [-0.05, 0) is 60.6 Å². The molecule has 10 nitrogen and oxygen atoms in total. The number of methoxy groups -OCH3 is 1. The number of aliphatic hydroxyl groups is 1. The molecule has 5 rings (SSSR count). The molecule has 3 heterocycles. The van der Waals surface area contributed by atoms with E-state index in [1.807, 2.05) is 29.1 Å². The zero-order valence-corrected chi connectivity index (χ0v) is 27.3. The van der Waals surface area contributed by atoms with E-state index < -0.39 is 20.3 Å². The van der Waals surface area contributed by atoms with Crippen LogP contribution < -0.4 is 14.8 Å². The first-order chi connectivity index (χ1) is 21.1. The van der Waals surface area contributed by atoms with Gasteiger partial charge < -0.3 is 19.3 Å². The Morgan fingerprint density at radius 1 is 1.11 bits per heavy atom. The van der Waals surface area contributed by atoms with E-state index in [1.54, 1.807) is 12.0 Å². The highest BCUT2D eigenvalue weighted by molar-refractivity contribution is 6.91. The Hall–Kier alpha value is -3.54. The van der Waals surface area contributed by atoms with Gasteiger partial charge in [0.05, 0.1) is 39.5 Å². The van der Waals surface area contributed by atoms with Crippen molar-refractivity contribution in [1.29, 1.82) is 0 Å². The van der Waals surface area contributed by atoms with Crippen LogP contribution in [0.4, 0.5) is 5.69 Å². The summed E-state index contributed by atoms with van der Waals surface area (Å²) in [5, 5.41) is 19.1. The minimum absolute atomic E-state index is 0.0478. The van der Waals surface area contributed by atoms with Gasteiger partial charge in [-0.3, -0.25) is 19.2 Å². The van der Waals surface area contributed by atoms with Crippen LogP contribution in [0.2, 0.25) is 18.6 Å². The maximum Gasteiger partial charge on any atom is 0.304 e. The molecule has 0 bridgehead atoms. The molecule has 0 spiro atoms. The normalized spacial score (nSPS) is 23.5. The SMILES string of the molecule is COc1ccc([Si](C)(C)[C@@H]2[C@@H](C)[C@@H](CCc3cccc(N4C(=O)CC4OC(C)=O)c3)O[C@H]2CCn2cc(CCO)nn2)cc1. The van der Waals surface area contributed by atoms with Gasteiger partial charge in [-0.2, -0.15) is 0 Å². The summed E-state index contributed by atoms with van der Waals surface area (Å²) in [5.74, 6) is 0.761. The van der Waals surface area contributed by atoms with E-state index in [0.717, 1.165) is 42.0 Å². The third-order valence-electron chi connectivity index (χ3n) is 9.28. The number of nitrogens with zero attached hydrogens (tertiary/aromatic N) is 4. The molecule has 5 atom stereocenters. The van der Waals surface area contributed by atoms with E-state index in [1.165, 1.54) is 12.1 Å². The predicted octanol–water partition coefficient (Wildman–Crippen LogP) is 3.86. The number of β-lactam (4-membered cyclic amide) rings is 1. The minimum Gasteiger partial charge on any atom is -0.497 e. The molecule has 2 aromatic carbocycles. The van der Waals surface area contributed by atoms with Gasteiger partial charge in [-0.1, -0.05) is 54.7 Å². The van der Waals surface area contributed by atoms with E-state index in [4.69, 9.17) is 14.2 Å². The van der Waals surface area contributed by atoms with Crippen LogP contribution in [0.1, 0.15) is 44.4 Å². The summed E-state index contributed by atoms with van der Waals surface area (Å²) < 4.78 is 19.5. The van der Waals surface area contributed by atoms with Crippen LogP contribution >= 0.6 is 0 Å². The molecule has 0 saturated carbocycles. The first-order valence-electron chi connectivity index (χ1n) is 15.5. The van der Waals surface area contributed by atoms with Crippen LogP contribution in [-0.2, 0) is 38.4 Å². The fourth-order valence-electron chi connectivity index (χ4n) is 7.01. The number of rotatable bonds is 13.